The summed E-state index contributed by atoms with van der Waals surface area (Å²) < 4.78 is 6.27. The van der Waals surface area contributed by atoms with Crippen molar-refractivity contribution in [2.45, 2.75) is 30.8 Å². The second kappa shape index (κ2) is 8.05. The first-order valence-corrected chi connectivity index (χ1v) is 9.51. The van der Waals surface area contributed by atoms with E-state index in [1.807, 2.05) is 78.9 Å². The summed E-state index contributed by atoms with van der Waals surface area (Å²) in [6, 6.07) is 29.7. The lowest BCUT2D eigenvalue weighted by atomic mass is 9.78. The van der Waals surface area contributed by atoms with Crippen LogP contribution in [0.3, 0.4) is 0 Å². The third kappa shape index (κ3) is 3.67. The van der Waals surface area contributed by atoms with Crippen molar-refractivity contribution in [2.75, 3.05) is 6.54 Å². The molecular formula is C24H25NO2. The minimum absolute atomic E-state index is 0.0735. The predicted molar refractivity (Wildman–Crippen MR) is 107 cm³/mol. The molecule has 0 amide bonds. The zero-order chi connectivity index (χ0) is 18.5. The number of nitrogens with one attached hydrogen (secondary N) is 1. The third-order valence-electron chi connectivity index (χ3n) is 5.35. The van der Waals surface area contributed by atoms with Crippen LogP contribution in [0.2, 0.25) is 0 Å². The van der Waals surface area contributed by atoms with Crippen LogP contribution < -0.4 is 5.32 Å². The average molecular weight is 359 g/mol. The summed E-state index contributed by atoms with van der Waals surface area (Å²) in [4.78, 5) is 0. The second-order valence-corrected chi connectivity index (χ2v) is 7.05. The van der Waals surface area contributed by atoms with Crippen LogP contribution in [0, 0.1) is 0 Å². The van der Waals surface area contributed by atoms with Crippen molar-refractivity contribution in [3.05, 3.63) is 108 Å². The lowest BCUT2D eigenvalue weighted by molar-refractivity contribution is -0.0414. The van der Waals surface area contributed by atoms with E-state index in [0.717, 1.165) is 29.7 Å². The number of aliphatic hydroxyl groups is 1. The van der Waals surface area contributed by atoms with Gasteiger partial charge in [-0.05, 0) is 29.7 Å². The molecule has 2 N–H and O–H groups in total. The molecule has 0 aromatic heterocycles. The van der Waals surface area contributed by atoms with Gasteiger partial charge in [0.25, 0.3) is 0 Å². The molecule has 2 atom stereocenters. The molecule has 3 aromatic carbocycles. The molecule has 0 radical (unpaired) electrons. The molecule has 0 spiro atoms. The largest absolute Gasteiger partial charge is 0.379 e. The molecule has 3 nitrogen and oxygen atoms in total. The maximum atomic E-state index is 12.0. The number of ether oxygens (including phenoxy) is 1. The fourth-order valence-electron chi connectivity index (χ4n) is 3.96. The normalized spacial score (nSPS) is 19.9. The highest BCUT2D eigenvalue weighted by atomic mass is 16.5. The van der Waals surface area contributed by atoms with E-state index in [4.69, 9.17) is 4.74 Å². The first kappa shape index (κ1) is 17.9. The topological polar surface area (TPSA) is 41.5 Å². The highest BCUT2D eigenvalue weighted by Crippen LogP contribution is 2.37. The Balaban J connectivity index is 1.65. The third-order valence-corrected chi connectivity index (χ3v) is 5.35. The Bertz CT molecular complexity index is 797. The van der Waals surface area contributed by atoms with E-state index < -0.39 is 5.60 Å². The maximum absolute atomic E-state index is 12.0. The summed E-state index contributed by atoms with van der Waals surface area (Å²) in [6.45, 7) is 1.37. The van der Waals surface area contributed by atoms with E-state index in [9.17, 15) is 5.11 Å². The van der Waals surface area contributed by atoms with E-state index >= 15 is 0 Å². The van der Waals surface area contributed by atoms with Crippen molar-refractivity contribution in [3.63, 3.8) is 0 Å². The van der Waals surface area contributed by atoms with Gasteiger partial charge in [0, 0.05) is 0 Å². The van der Waals surface area contributed by atoms with Crippen molar-refractivity contribution in [1.29, 1.82) is 0 Å². The molecule has 138 valence electrons. The van der Waals surface area contributed by atoms with Crippen LogP contribution in [0.5, 0.6) is 0 Å². The molecule has 27 heavy (non-hydrogen) atoms. The number of benzene rings is 3. The Morgan fingerprint density at radius 1 is 0.815 bits per heavy atom. The van der Waals surface area contributed by atoms with Gasteiger partial charge in [-0.2, -0.15) is 0 Å². The quantitative estimate of drug-likeness (QED) is 0.702. The van der Waals surface area contributed by atoms with Gasteiger partial charge >= 0.3 is 0 Å². The molecular weight excluding hydrogens is 334 g/mol. The zero-order valence-corrected chi connectivity index (χ0v) is 15.3. The van der Waals surface area contributed by atoms with Gasteiger partial charge in [-0.25, -0.2) is 0 Å². The molecule has 1 aliphatic heterocycles. The molecule has 1 aliphatic rings. The molecule has 1 heterocycles. The van der Waals surface area contributed by atoms with Gasteiger partial charge in [0.15, 0.2) is 0 Å². The van der Waals surface area contributed by atoms with Crippen LogP contribution >= 0.6 is 0 Å². The van der Waals surface area contributed by atoms with Crippen LogP contribution in [0.25, 0.3) is 0 Å². The van der Waals surface area contributed by atoms with E-state index in [1.165, 1.54) is 0 Å². The van der Waals surface area contributed by atoms with Gasteiger partial charge < -0.3 is 15.2 Å². The van der Waals surface area contributed by atoms with Crippen molar-refractivity contribution in [3.8, 4) is 0 Å². The number of hydrogen-bond acceptors (Lipinski definition) is 3. The van der Waals surface area contributed by atoms with Crippen LogP contribution in [0.4, 0.5) is 0 Å². The average Bonchev–Trinajstić information content (AvgIpc) is 3.23. The summed E-state index contributed by atoms with van der Waals surface area (Å²) in [7, 11) is 0. The van der Waals surface area contributed by atoms with Gasteiger partial charge in [-0.1, -0.05) is 91.0 Å². The Hall–Kier alpha value is -2.46. The van der Waals surface area contributed by atoms with Gasteiger partial charge in [0.1, 0.15) is 5.60 Å². The van der Waals surface area contributed by atoms with E-state index in [2.05, 4.69) is 17.4 Å². The predicted octanol–water partition coefficient (Wildman–Crippen LogP) is 3.87. The summed E-state index contributed by atoms with van der Waals surface area (Å²) >= 11 is 0. The van der Waals surface area contributed by atoms with Crippen LogP contribution in [0.15, 0.2) is 91.0 Å². The first-order chi connectivity index (χ1) is 13.3. The van der Waals surface area contributed by atoms with Crippen molar-refractivity contribution >= 4 is 0 Å². The monoisotopic (exact) mass is 359 g/mol. The molecule has 0 aliphatic carbocycles. The first-order valence-electron chi connectivity index (χ1n) is 9.51. The van der Waals surface area contributed by atoms with Crippen molar-refractivity contribution in [2.24, 2.45) is 0 Å². The lowest BCUT2D eigenvalue weighted by Crippen LogP contribution is -2.51. The molecule has 0 bridgehead atoms. The van der Waals surface area contributed by atoms with Gasteiger partial charge in [-0.15, -0.1) is 0 Å². The highest BCUT2D eigenvalue weighted by Gasteiger charge is 2.47. The molecule has 3 heteroatoms. The fraction of sp³-hybridized carbons (Fsp3) is 0.250. The van der Waals surface area contributed by atoms with E-state index in [1.54, 1.807) is 0 Å². The number of rotatable bonds is 6. The van der Waals surface area contributed by atoms with Crippen molar-refractivity contribution < 1.29 is 9.84 Å². The highest BCUT2D eigenvalue weighted by molar-refractivity contribution is 5.39. The minimum Gasteiger partial charge on any atom is -0.379 e. The van der Waals surface area contributed by atoms with Gasteiger partial charge in [0.2, 0.25) is 0 Å². The molecule has 4 rings (SSSR count). The fourth-order valence-corrected chi connectivity index (χ4v) is 3.96. The molecule has 0 saturated carbocycles. The Labute approximate surface area is 160 Å². The van der Waals surface area contributed by atoms with Gasteiger partial charge in [0.05, 0.1) is 18.8 Å². The molecule has 1 fully saturated rings. The number of hydrogen-bond donors (Lipinski definition) is 2. The molecule has 0 unspecified atom stereocenters. The lowest BCUT2D eigenvalue weighted by Gasteiger charge is -2.38. The van der Waals surface area contributed by atoms with Crippen molar-refractivity contribution in [1.82, 2.24) is 5.32 Å². The molecule has 3 aromatic rings. The summed E-state index contributed by atoms with van der Waals surface area (Å²) in [5, 5.41) is 15.5. The smallest absolute Gasteiger partial charge is 0.132 e. The summed E-state index contributed by atoms with van der Waals surface area (Å²) in [5.74, 6) is 0. The van der Waals surface area contributed by atoms with Gasteiger partial charge in [-0.3, -0.25) is 0 Å². The standard InChI is InChI=1S/C24H25NO2/c26-24(20-12-6-2-7-13-20,21-14-8-3-9-15-21)23-22(16-17-25-23)27-18-19-10-4-1-5-11-19/h1-15,22-23,25-26H,16-18H2/t22-,23-/m0/s1. The SMILES string of the molecule is OC(c1ccccc1)(c1ccccc1)[C@H]1NCC[C@@H]1OCc1ccccc1. The summed E-state index contributed by atoms with van der Waals surface area (Å²) in [6.07, 6.45) is 0.801. The Morgan fingerprint density at radius 3 is 1.89 bits per heavy atom. The minimum atomic E-state index is -1.15. The Morgan fingerprint density at radius 2 is 1.33 bits per heavy atom. The van der Waals surface area contributed by atoms with E-state index in [0.29, 0.717) is 6.61 Å². The van der Waals surface area contributed by atoms with E-state index in [-0.39, 0.29) is 12.1 Å². The zero-order valence-electron chi connectivity index (χ0n) is 15.3. The maximum Gasteiger partial charge on any atom is 0.132 e. The Kier molecular flexibility index (Phi) is 5.35. The van der Waals surface area contributed by atoms with Crippen LogP contribution in [0.1, 0.15) is 23.1 Å². The van der Waals surface area contributed by atoms with Crippen LogP contribution in [-0.4, -0.2) is 23.8 Å². The second-order valence-electron chi connectivity index (χ2n) is 7.05. The van der Waals surface area contributed by atoms with Crippen LogP contribution in [-0.2, 0) is 16.9 Å². The molecule has 1 saturated heterocycles. The summed E-state index contributed by atoms with van der Waals surface area (Å²) in [5.41, 5.74) is 1.75.